The molecule has 0 bridgehead atoms. The molecule has 0 aromatic heterocycles. The molecule has 6 nitrogen and oxygen atoms in total. The average Bonchev–Trinajstić information content (AvgIpc) is 3.04. The highest BCUT2D eigenvalue weighted by molar-refractivity contribution is 6.30. The molecule has 0 spiro atoms. The number of hydrogen-bond acceptors (Lipinski definition) is 5. The molecule has 1 atom stereocenters. The van der Waals surface area contributed by atoms with E-state index in [-0.39, 0.29) is 23.4 Å². The maximum absolute atomic E-state index is 13.4. The quantitative estimate of drug-likeness (QED) is 0.385. The van der Waals surface area contributed by atoms with Crippen LogP contribution in [-0.2, 0) is 6.18 Å². The van der Waals surface area contributed by atoms with Gasteiger partial charge in [0, 0.05) is 36.3 Å². The topological polar surface area (TPSA) is 54.4 Å². The van der Waals surface area contributed by atoms with Gasteiger partial charge in [0.15, 0.2) is 5.75 Å². The first-order valence-corrected chi connectivity index (χ1v) is 12.0. The van der Waals surface area contributed by atoms with E-state index in [1.807, 2.05) is 11.8 Å². The zero-order valence-electron chi connectivity index (χ0n) is 20.1. The third-order valence-corrected chi connectivity index (χ3v) is 6.69. The number of amides is 1. The van der Waals surface area contributed by atoms with Crippen molar-refractivity contribution in [1.82, 2.24) is 9.80 Å². The number of carbonyl (C=O) groups excluding carboxylic acids is 1. The summed E-state index contributed by atoms with van der Waals surface area (Å²) in [7, 11) is 1.53. The molecular weight excluding hydrogens is 507 g/mol. The largest absolute Gasteiger partial charge is 0.497 e. The summed E-state index contributed by atoms with van der Waals surface area (Å²) < 4.78 is 51.7. The van der Waals surface area contributed by atoms with Crippen molar-refractivity contribution < 1.29 is 27.4 Å². The number of rotatable bonds is 2. The lowest BCUT2D eigenvalue weighted by Crippen LogP contribution is -2.55. The van der Waals surface area contributed by atoms with Gasteiger partial charge in [-0.05, 0) is 67.6 Å². The highest BCUT2D eigenvalue weighted by Crippen LogP contribution is 2.42. The molecule has 0 N–H and O–H groups in total. The van der Waals surface area contributed by atoms with E-state index in [1.165, 1.54) is 13.2 Å². The lowest BCUT2D eigenvalue weighted by Gasteiger charge is -2.41. The molecule has 192 valence electrons. The highest BCUT2D eigenvalue weighted by atomic mass is 35.5. The van der Waals surface area contributed by atoms with Gasteiger partial charge in [-0.25, -0.2) is 4.99 Å². The summed E-state index contributed by atoms with van der Waals surface area (Å²) in [6.07, 6.45) is -4.52. The van der Waals surface area contributed by atoms with E-state index >= 15 is 0 Å². The normalized spacial score (nSPS) is 17.2. The highest BCUT2D eigenvalue weighted by Gasteiger charge is 2.34. The van der Waals surface area contributed by atoms with Crippen molar-refractivity contribution >= 4 is 29.0 Å². The Morgan fingerprint density at radius 1 is 1.05 bits per heavy atom. The lowest BCUT2D eigenvalue weighted by molar-refractivity contribution is -0.137. The minimum atomic E-state index is -4.52. The van der Waals surface area contributed by atoms with Gasteiger partial charge in [0.1, 0.15) is 23.0 Å². The van der Waals surface area contributed by atoms with Crippen LogP contribution in [0.4, 0.5) is 18.9 Å². The number of nitrogens with zero attached hydrogens (tertiary/aromatic N) is 3. The number of aliphatic imine (C=N–C) groups is 1. The van der Waals surface area contributed by atoms with E-state index in [0.717, 1.165) is 12.1 Å². The number of ether oxygens (including phenoxy) is 2. The van der Waals surface area contributed by atoms with E-state index in [2.05, 4.69) is 4.99 Å². The summed E-state index contributed by atoms with van der Waals surface area (Å²) in [4.78, 5) is 21.5. The van der Waals surface area contributed by atoms with Crippen molar-refractivity contribution in [3.8, 4) is 17.2 Å². The van der Waals surface area contributed by atoms with Gasteiger partial charge in [0.05, 0.1) is 18.2 Å². The summed E-state index contributed by atoms with van der Waals surface area (Å²) in [6, 6.07) is 15.0. The van der Waals surface area contributed by atoms with Crippen LogP contribution < -0.4 is 9.47 Å². The predicted molar refractivity (Wildman–Crippen MR) is 134 cm³/mol. The van der Waals surface area contributed by atoms with Crippen LogP contribution in [0.2, 0.25) is 5.02 Å². The Morgan fingerprint density at radius 2 is 1.78 bits per heavy atom. The first-order chi connectivity index (χ1) is 17.6. The van der Waals surface area contributed by atoms with Crippen molar-refractivity contribution in [2.45, 2.75) is 19.1 Å². The van der Waals surface area contributed by atoms with Crippen LogP contribution in [-0.4, -0.2) is 54.3 Å². The number of halogens is 4. The van der Waals surface area contributed by atoms with Gasteiger partial charge in [-0.1, -0.05) is 11.6 Å². The van der Waals surface area contributed by atoms with Crippen LogP contribution in [0.1, 0.15) is 28.4 Å². The van der Waals surface area contributed by atoms with Crippen molar-refractivity contribution in [3.63, 3.8) is 0 Å². The molecular formula is C27H23ClF3N3O3. The second-order valence-electron chi connectivity index (χ2n) is 8.88. The number of carbonyl (C=O) groups is 1. The maximum Gasteiger partial charge on any atom is 0.416 e. The second kappa shape index (κ2) is 9.63. The molecule has 37 heavy (non-hydrogen) atoms. The molecule has 2 aliphatic heterocycles. The van der Waals surface area contributed by atoms with Crippen molar-refractivity contribution in [2.24, 2.45) is 4.99 Å². The first-order valence-electron chi connectivity index (χ1n) is 11.6. The Balaban J connectivity index is 1.50. The third kappa shape index (κ3) is 4.96. The Hall–Kier alpha value is -3.72. The van der Waals surface area contributed by atoms with Gasteiger partial charge in [0.2, 0.25) is 0 Å². The summed E-state index contributed by atoms with van der Waals surface area (Å²) in [6.45, 7) is 3.17. The van der Waals surface area contributed by atoms with Crippen LogP contribution in [0.3, 0.4) is 0 Å². The van der Waals surface area contributed by atoms with E-state index < -0.39 is 11.7 Å². The smallest absolute Gasteiger partial charge is 0.416 e. The molecule has 2 aliphatic rings. The number of benzene rings is 3. The molecule has 1 amide bonds. The number of alkyl halides is 3. The molecule has 1 fully saturated rings. The number of fused-ring (bicyclic) bond motifs is 2. The lowest BCUT2D eigenvalue weighted by atomic mass is 10.1. The van der Waals surface area contributed by atoms with Crippen molar-refractivity contribution in [1.29, 1.82) is 0 Å². The number of methoxy groups -OCH3 is 1. The van der Waals surface area contributed by atoms with E-state index in [1.54, 1.807) is 47.4 Å². The zero-order chi connectivity index (χ0) is 26.3. The van der Waals surface area contributed by atoms with Crippen LogP contribution in [0.25, 0.3) is 0 Å². The zero-order valence-corrected chi connectivity index (χ0v) is 20.8. The van der Waals surface area contributed by atoms with E-state index in [4.69, 9.17) is 21.1 Å². The minimum absolute atomic E-state index is 0.0762. The molecule has 2 heterocycles. The summed E-state index contributed by atoms with van der Waals surface area (Å²) in [5, 5.41) is 0.547. The first kappa shape index (κ1) is 25.0. The third-order valence-electron chi connectivity index (χ3n) is 6.44. The number of hydrogen-bond donors (Lipinski definition) is 0. The van der Waals surface area contributed by atoms with Gasteiger partial charge in [0.25, 0.3) is 5.91 Å². The van der Waals surface area contributed by atoms with Gasteiger partial charge in [-0.15, -0.1) is 0 Å². The van der Waals surface area contributed by atoms with E-state index in [9.17, 15) is 18.0 Å². The SMILES string of the molecule is COc1ccc2c(c1)C(N1CCN(C(=O)c3ccc(Cl)cc3)[C@H](C)C1)=Nc1cc(C(F)(F)F)ccc1O2. The maximum atomic E-state index is 13.4. The fraction of sp³-hybridized carbons (Fsp3) is 0.259. The summed E-state index contributed by atoms with van der Waals surface area (Å²) >= 11 is 5.96. The fourth-order valence-corrected chi connectivity index (χ4v) is 4.64. The molecule has 0 unspecified atom stereocenters. The second-order valence-corrected chi connectivity index (χ2v) is 9.32. The Labute approximate surface area is 216 Å². The Kier molecular flexibility index (Phi) is 6.49. The van der Waals surface area contributed by atoms with E-state index in [0.29, 0.717) is 53.1 Å². The molecule has 3 aromatic rings. The van der Waals surface area contributed by atoms with Crippen LogP contribution in [0.15, 0.2) is 65.7 Å². The number of piperazine rings is 1. The van der Waals surface area contributed by atoms with Gasteiger partial charge in [-0.2, -0.15) is 13.2 Å². The van der Waals surface area contributed by atoms with Crippen molar-refractivity contribution in [3.05, 3.63) is 82.4 Å². The standard InChI is InChI=1S/C27H23ClF3N3O3/c1-16-15-33(11-12-34(16)26(35)17-3-6-19(28)7-4-17)25-21-14-20(36-2)8-10-23(21)37-24-9-5-18(27(29,30)31)13-22(24)32-25/h3-10,13-14,16H,11-12,15H2,1-2H3/t16-/m1/s1. The number of amidine groups is 1. The Morgan fingerprint density at radius 3 is 2.46 bits per heavy atom. The molecule has 5 rings (SSSR count). The monoisotopic (exact) mass is 529 g/mol. The molecule has 0 aliphatic carbocycles. The van der Waals surface area contributed by atoms with Crippen LogP contribution in [0.5, 0.6) is 17.2 Å². The Bertz CT molecular complexity index is 1380. The molecule has 0 saturated carbocycles. The van der Waals surface area contributed by atoms with Gasteiger partial charge in [-0.3, -0.25) is 4.79 Å². The van der Waals surface area contributed by atoms with Crippen LogP contribution >= 0.6 is 11.6 Å². The van der Waals surface area contributed by atoms with Crippen molar-refractivity contribution in [2.75, 3.05) is 26.7 Å². The van der Waals surface area contributed by atoms with Crippen LogP contribution in [0, 0.1) is 0 Å². The fourth-order valence-electron chi connectivity index (χ4n) is 4.51. The summed E-state index contributed by atoms with van der Waals surface area (Å²) in [5.74, 6) is 1.57. The molecule has 1 saturated heterocycles. The molecule has 10 heteroatoms. The molecule has 3 aromatic carbocycles. The van der Waals surface area contributed by atoms with Gasteiger partial charge >= 0.3 is 6.18 Å². The minimum Gasteiger partial charge on any atom is -0.497 e. The molecule has 0 radical (unpaired) electrons. The predicted octanol–water partition coefficient (Wildman–Crippen LogP) is 6.40. The van der Waals surface area contributed by atoms with Gasteiger partial charge < -0.3 is 19.3 Å². The average molecular weight is 530 g/mol. The summed E-state index contributed by atoms with van der Waals surface area (Å²) in [5.41, 5.74) is 0.392.